The summed E-state index contributed by atoms with van der Waals surface area (Å²) in [7, 11) is 0. The molecule has 1 N–H and O–H groups in total. The zero-order valence-corrected chi connectivity index (χ0v) is 10.8. The molecule has 0 saturated carbocycles. The normalized spacial score (nSPS) is 10.8. The lowest BCUT2D eigenvalue weighted by atomic mass is 10.2. The van der Waals surface area contributed by atoms with Crippen LogP contribution in [0.5, 0.6) is 0 Å². The fraction of sp³-hybridized carbons (Fsp3) is 0.429. The van der Waals surface area contributed by atoms with E-state index in [1.807, 2.05) is 6.07 Å². The first kappa shape index (κ1) is 12.6. The van der Waals surface area contributed by atoms with Gasteiger partial charge >= 0.3 is 0 Å². The number of carbonyl (C=O) groups excluding carboxylic acids is 1. The third kappa shape index (κ3) is 2.88. The van der Waals surface area contributed by atoms with Gasteiger partial charge in [-0.2, -0.15) is 0 Å². The average molecular weight is 246 g/mol. The van der Waals surface area contributed by atoms with Crippen molar-refractivity contribution in [3.8, 4) is 0 Å². The molecule has 96 valence electrons. The minimum atomic E-state index is -0.0537. The fourth-order valence-corrected chi connectivity index (χ4v) is 1.86. The largest absolute Gasteiger partial charge is 0.441 e. The average Bonchev–Trinajstić information content (AvgIpc) is 2.73. The number of nitrogens with one attached hydrogen (secondary N) is 1. The van der Waals surface area contributed by atoms with Crippen LogP contribution in [0.1, 0.15) is 42.4 Å². The van der Waals surface area contributed by atoms with Crippen LogP contribution in [0.3, 0.4) is 0 Å². The molecule has 0 fully saturated rings. The van der Waals surface area contributed by atoms with Gasteiger partial charge in [0, 0.05) is 19.0 Å². The van der Waals surface area contributed by atoms with E-state index >= 15 is 0 Å². The molecule has 0 unspecified atom stereocenters. The molecule has 1 heterocycles. The van der Waals surface area contributed by atoms with E-state index in [1.165, 1.54) is 0 Å². The van der Waals surface area contributed by atoms with Crippen molar-refractivity contribution in [2.75, 3.05) is 6.54 Å². The molecule has 0 bridgehead atoms. The van der Waals surface area contributed by atoms with Gasteiger partial charge in [-0.15, -0.1) is 0 Å². The van der Waals surface area contributed by atoms with Crippen molar-refractivity contribution >= 4 is 17.0 Å². The number of hydrogen-bond acceptors (Lipinski definition) is 3. The topological polar surface area (TPSA) is 55.1 Å². The molecule has 0 spiro atoms. The highest BCUT2D eigenvalue weighted by atomic mass is 16.3. The van der Waals surface area contributed by atoms with Gasteiger partial charge in [0.1, 0.15) is 5.52 Å². The zero-order valence-electron chi connectivity index (χ0n) is 10.8. The smallest absolute Gasteiger partial charge is 0.251 e. The van der Waals surface area contributed by atoms with Gasteiger partial charge in [-0.3, -0.25) is 4.79 Å². The van der Waals surface area contributed by atoms with Crippen LogP contribution in [0.2, 0.25) is 0 Å². The van der Waals surface area contributed by atoms with Crippen LogP contribution in [0.15, 0.2) is 22.6 Å². The van der Waals surface area contributed by atoms with Crippen molar-refractivity contribution in [3.05, 3.63) is 29.7 Å². The summed E-state index contributed by atoms with van der Waals surface area (Å²) in [5.41, 5.74) is 2.07. The Labute approximate surface area is 106 Å². The second-order valence-corrected chi connectivity index (χ2v) is 4.38. The Morgan fingerprint density at radius 1 is 1.39 bits per heavy atom. The molecular weight excluding hydrogens is 228 g/mol. The summed E-state index contributed by atoms with van der Waals surface area (Å²) in [4.78, 5) is 16.1. The zero-order chi connectivity index (χ0) is 13.0. The van der Waals surface area contributed by atoms with Gasteiger partial charge in [-0.1, -0.05) is 19.8 Å². The lowest BCUT2D eigenvalue weighted by molar-refractivity contribution is 0.0953. The molecule has 0 radical (unpaired) electrons. The Bertz CT molecular complexity index is 546. The van der Waals surface area contributed by atoms with E-state index < -0.39 is 0 Å². The molecule has 2 rings (SSSR count). The first-order valence-corrected chi connectivity index (χ1v) is 6.36. The van der Waals surface area contributed by atoms with Crippen LogP contribution < -0.4 is 5.32 Å². The van der Waals surface area contributed by atoms with E-state index in [1.54, 1.807) is 19.1 Å². The van der Waals surface area contributed by atoms with E-state index in [9.17, 15) is 4.79 Å². The number of aromatic nitrogens is 1. The highest BCUT2D eigenvalue weighted by Crippen LogP contribution is 2.16. The van der Waals surface area contributed by atoms with Gasteiger partial charge in [0.05, 0.1) is 0 Å². The maximum absolute atomic E-state index is 11.9. The summed E-state index contributed by atoms with van der Waals surface area (Å²) in [6, 6.07) is 5.33. The molecule has 2 aromatic rings. The number of benzene rings is 1. The van der Waals surface area contributed by atoms with Gasteiger partial charge in [0.2, 0.25) is 0 Å². The minimum Gasteiger partial charge on any atom is -0.441 e. The Hall–Kier alpha value is -1.84. The van der Waals surface area contributed by atoms with E-state index in [-0.39, 0.29) is 5.91 Å². The second kappa shape index (κ2) is 5.67. The maximum atomic E-state index is 11.9. The number of unbranched alkanes of at least 4 members (excludes halogenated alkanes) is 2. The van der Waals surface area contributed by atoms with Crippen molar-refractivity contribution in [1.29, 1.82) is 0 Å². The summed E-state index contributed by atoms with van der Waals surface area (Å²) in [5.74, 6) is 0.563. The number of fused-ring (bicyclic) bond motifs is 1. The van der Waals surface area contributed by atoms with Crippen LogP contribution in [-0.4, -0.2) is 17.4 Å². The molecule has 1 aromatic heterocycles. The number of aryl methyl sites for hydroxylation is 1. The Morgan fingerprint density at radius 3 is 3.00 bits per heavy atom. The predicted molar refractivity (Wildman–Crippen MR) is 70.6 cm³/mol. The van der Waals surface area contributed by atoms with Crippen molar-refractivity contribution in [2.24, 2.45) is 0 Å². The molecule has 0 atom stereocenters. The summed E-state index contributed by atoms with van der Waals surface area (Å²) >= 11 is 0. The summed E-state index contributed by atoms with van der Waals surface area (Å²) < 4.78 is 5.41. The van der Waals surface area contributed by atoms with Gasteiger partial charge < -0.3 is 9.73 Å². The molecule has 1 amide bonds. The molecule has 4 nitrogen and oxygen atoms in total. The van der Waals surface area contributed by atoms with Gasteiger partial charge in [-0.25, -0.2) is 4.98 Å². The maximum Gasteiger partial charge on any atom is 0.251 e. The van der Waals surface area contributed by atoms with Crippen LogP contribution in [0.25, 0.3) is 11.1 Å². The number of amides is 1. The third-order valence-corrected chi connectivity index (χ3v) is 2.82. The predicted octanol–water partition coefficient (Wildman–Crippen LogP) is 3.06. The molecular formula is C14H18N2O2. The molecule has 0 aliphatic heterocycles. The van der Waals surface area contributed by atoms with Gasteiger partial charge in [0.15, 0.2) is 11.5 Å². The van der Waals surface area contributed by atoms with Crippen molar-refractivity contribution in [3.63, 3.8) is 0 Å². The number of carbonyl (C=O) groups is 1. The molecule has 0 aliphatic rings. The molecule has 0 saturated heterocycles. The van der Waals surface area contributed by atoms with Crippen molar-refractivity contribution in [1.82, 2.24) is 10.3 Å². The second-order valence-electron chi connectivity index (χ2n) is 4.38. The molecule has 1 aromatic carbocycles. The molecule has 0 aliphatic carbocycles. The number of nitrogens with zero attached hydrogens (tertiary/aromatic N) is 1. The van der Waals surface area contributed by atoms with E-state index in [2.05, 4.69) is 17.2 Å². The first-order chi connectivity index (χ1) is 8.70. The van der Waals surface area contributed by atoms with Crippen LogP contribution in [0.4, 0.5) is 0 Å². The van der Waals surface area contributed by atoms with Crippen LogP contribution in [0, 0.1) is 6.92 Å². The fourth-order valence-electron chi connectivity index (χ4n) is 1.86. The highest BCUT2D eigenvalue weighted by molar-refractivity contribution is 5.96. The number of hydrogen-bond donors (Lipinski definition) is 1. The van der Waals surface area contributed by atoms with Crippen LogP contribution in [-0.2, 0) is 0 Å². The van der Waals surface area contributed by atoms with Crippen molar-refractivity contribution in [2.45, 2.75) is 33.1 Å². The van der Waals surface area contributed by atoms with E-state index in [0.717, 1.165) is 31.3 Å². The monoisotopic (exact) mass is 246 g/mol. The SMILES string of the molecule is CCCCCNC(=O)c1ccc2nc(C)oc2c1. The summed E-state index contributed by atoms with van der Waals surface area (Å²) in [6.07, 6.45) is 3.31. The number of oxazole rings is 1. The van der Waals surface area contributed by atoms with Gasteiger partial charge in [0.25, 0.3) is 5.91 Å². The molecule has 18 heavy (non-hydrogen) atoms. The number of rotatable bonds is 5. The van der Waals surface area contributed by atoms with Crippen molar-refractivity contribution < 1.29 is 9.21 Å². The quantitative estimate of drug-likeness (QED) is 0.825. The minimum absolute atomic E-state index is 0.0537. The van der Waals surface area contributed by atoms with Crippen LogP contribution >= 0.6 is 0 Å². The van der Waals surface area contributed by atoms with E-state index in [0.29, 0.717) is 17.0 Å². The standard InChI is InChI=1S/C14H18N2O2/c1-3-4-5-8-15-14(17)11-6-7-12-13(9-11)18-10(2)16-12/h6-7,9H,3-5,8H2,1-2H3,(H,15,17). The Morgan fingerprint density at radius 2 is 2.22 bits per heavy atom. The molecule has 4 heteroatoms. The first-order valence-electron chi connectivity index (χ1n) is 6.36. The Kier molecular flexibility index (Phi) is 3.97. The van der Waals surface area contributed by atoms with Gasteiger partial charge in [-0.05, 0) is 24.6 Å². The highest BCUT2D eigenvalue weighted by Gasteiger charge is 2.08. The third-order valence-electron chi connectivity index (χ3n) is 2.82. The summed E-state index contributed by atoms with van der Waals surface area (Å²) in [5, 5.41) is 2.90. The lowest BCUT2D eigenvalue weighted by Crippen LogP contribution is -2.24. The lowest BCUT2D eigenvalue weighted by Gasteiger charge is -2.04. The summed E-state index contributed by atoms with van der Waals surface area (Å²) in [6.45, 7) is 4.66. The Balaban J connectivity index is 2.03. The van der Waals surface area contributed by atoms with E-state index in [4.69, 9.17) is 4.42 Å².